The zero-order valence-corrected chi connectivity index (χ0v) is 36.9. The number of ether oxygens (including phenoxy) is 3. The highest BCUT2D eigenvalue weighted by Crippen LogP contribution is 2.39. The van der Waals surface area contributed by atoms with Crippen molar-refractivity contribution in [2.45, 2.75) is 111 Å². The van der Waals surface area contributed by atoms with Gasteiger partial charge in [-0.05, 0) is 76.6 Å². The fraction of sp³-hybridized carbons (Fsp3) is 0.388. The van der Waals surface area contributed by atoms with Gasteiger partial charge < -0.3 is 24.8 Å². The van der Waals surface area contributed by atoms with E-state index in [2.05, 4.69) is 87.1 Å². The van der Waals surface area contributed by atoms with Gasteiger partial charge in [0.1, 0.15) is 17.2 Å². The molecule has 4 aromatic rings. The van der Waals surface area contributed by atoms with Gasteiger partial charge in [-0.1, -0.05) is 110 Å². The first kappa shape index (κ1) is 45.0. The van der Waals surface area contributed by atoms with Gasteiger partial charge >= 0.3 is 0 Å². The van der Waals surface area contributed by atoms with E-state index in [1.54, 1.807) is 36.4 Å². The van der Waals surface area contributed by atoms with Crippen molar-refractivity contribution in [1.29, 1.82) is 0 Å². The van der Waals surface area contributed by atoms with Crippen LogP contribution in [0.25, 0.3) is 0 Å². The van der Waals surface area contributed by atoms with Gasteiger partial charge in [-0.3, -0.25) is 19.2 Å². The summed E-state index contributed by atoms with van der Waals surface area (Å²) in [5.74, 6) is 0.910. The third-order valence-electron chi connectivity index (χ3n) is 10.7. The minimum absolute atomic E-state index is 0.0691. The number of hydrazone groups is 2. The number of hydrogen-bond donors (Lipinski definition) is 4. The first-order valence-electron chi connectivity index (χ1n) is 21.4. The molecule has 4 N–H and O–H groups in total. The lowest BCUT2D eigenvalue weighted by molar-refractivity contribution is -0.124. The molecule has 2 aliphatic heterocycles. The van der Waals surface area contributed by atoms with Gasteiger partial charge in [0.2, 0.25) is 30.4 Å². The Morgan fingerprint density at radius 3 is 1.77 bits per heavy atom. The number of carbonyl (C=O) groups is 4. The van der Waals surface area contributed by atoms with Gasteiger partial charge in [-0.25, -0.2) is 10.9 Å². The van der Waals surface area contributed by atoms with Crippen LogP contribution in [0.1, 0.15) is 138 Å². The summed E-state index contributed by atoms with van der Waals surface area (Å²) in [7, 11) is 0. The summed E-state index contributed by atoms with van der Waals surface area (Å²) in [5.41, 5.74) is 12.5. The first-order chi connectivity index (χ1) is 29.7. The average molecular weight is 843 g/mol. The summed E-state index contributed by atoms with van der Waals surface area (Å²) in [6.45, 7) is 16.8. The minimum atomic E-state index is -0.910. The Hall–Kier alpha value is -6.50. The van der Waals surface area contributed by atoms with E-state index in [9.17, 15) is 19.2 Å². The third-order valence-corrected chi connectivity index (χ3v) is 10.7. The highest BCUT2D eigenvalue weighted by atomic mass is 16.7. The minimum Gasteiger partial charge on any atom is -0.478 e. The Kier molecular flexibility index (Phi) is 14.8. The van der Waals surface area contributed by atoms with Gasteiger partial charge in [-0.15, -0.1) is 0 Å². The molecule has 4 amide bonds. The van der Waals surface area contributed by atoms with E-state index >= 15 is 0 Å². The van der Waals surface area contributed by atoms with Crippen LogP contribution in [-0.4, -0.2) is 41.8 Å². The van der Waals surface area contributed by atoms with Crippen molar-refractivity contribution in [3.05, 3.63) is 112 Å². The lowest BCUT2D eigenvalue weighted by atomic mass is 9.92. The monoisotopic (exact) mass is 842 g/mol. The van der Waals surface area contributed by atoms with Gasteiger partial charge in [-0.2, -0.15) is 10.2 Å². The van der Waals surface area contributed by atoms with E-state index in [0.29, 0.717) is 34.3 Å². The van der Waals surface area contributed by atoms with Crippen LogP contribution < -0.4 is 35.7 Å². The van der Waals surface area contributed by atoms with Crippen LogP contribution in [0.2, 0.25) is 0 Å². The summed E-state index contributed by atoms with van der Waals surface area (Å²) in [6, 6.07) is 24.5. The molecule has 1 unspecified atom stereocenters. The van der Waals surface area contributed by atoms with E-state index in [0.717, 1.165) is 40.0 Å². The topological polar surface area (TPSA) is 169 Å². The maximum absolute atomic E-state index is 13.4. The summed E-state index contributed by atoms with van der Waals surface area (Å²) in [4.78, 5) is 53.4. The Bertz CT molecular complexity index is 2340. The van der Waals surface area contributed by atoms with E-state index in [-0.39, 0.29) is 73.5 Å². The summed E-state index contributed by atoms with van der Waals surface area (Å²) in [5, 5.41) is 15.2. The second-order valence-corrected chi connectivity index (χ2v) is 17.0. The molecule has 0 bridgehead atoms. The quantitative estimate of drug-likeness (QED) is 0.0816. The SMILES string of the molecule is CC(C)Cc1cccc(C(C)C)c1NC(=O)CCC(=O)N/N=C1\C(=N/NC(=O)CCC(=O)Nc2c(C(C)C)cccc2C(C)C)C(c2ccc3c(c2)OCO3)Oc2ccccc21. The molecule has 2 heterocycles. The van der Waals surface area contributed by atoms with Crippen LogP contribution in [-0.2, 0) is 25.6 Å². The molecule has 13 nitrogen and oxygen atoms in total. The smallest absolute Gasteiger partial charge is 0.240 e. The van der Waals surface area contributed by atoms with Crippen LogP contribution in [0.4, 0.5) is 11.4 Å². The largest absolute Gasteiger partial charge is 0.478 e. The van der Waals surface area contributed by atoms with Crippen LogP contribution >= 0.6 is 0 Å². The van der Waals surface area contributed by atoms with Gasteiger partial charge in [0.25, 0.3) is 0 Å². The lowest BCUT2D eigenvalue weighted by Gasteiger charge is -2.29. The van der Waals surface area contributed by atoms with Crippen molar-refractivity contribution in [1.82, 2.24) is 10.9 Å². The molecule has 0 aliphatic carbocycles. The fourth-order valence-corrected chi connectivity index (χ4v) is 7.51. The van der Waals surface area contributed by atoms with Gasteiger partial charge in [0.05, 0.1) is 0 Å². The Labute approximate surface area is 364 Å². The molecule has 0 fully saturated rings. The molecular formula is C49H58N6O7. The second kappa shape index (κ2) is 20.4. The molecule has 1 atom stereocenters. The maximum Gasteiger partial charge on any atom is 0.240 e. The number of rotatable bonds is 16. The molecule has 0 saturated carbocycles. The van der Waals surface area contributed by atoms with Crippen LogP contribution in [0.5, 0.6) is 17.2 Å². The van der Waals surface area contributed by atoms with Crippen molar-refractivity contribution >= 4 is 46.4 Å². The van der Waals surface area contributed by atoms with E-state index in [1.165, 1.54) is 0 Å². The Morgan fingerprint density at radius 1 is 0.597 bits per heavy atom. The zero-order chi connectivity index (χ0) is 44.5. The molecule has 0 radical (unpaired) electrons. The van der Waals surface area contributed by atoms with Crippen molar-refractivity contribution in [2.24, 2.45) is 16.1 Å². The predicted molar refractivity (Wildman–Crippen MR) is 242 cm³/mol. The maximum atomic E-state index is 13.4. The molecule has 0 aromatic heterocycles. The second-order valence-electron chi connectivity index (χ2n) is 17.0. The number of fused-ring (bicyclic) bond motifs is 2. The van der Waals surface area contributed by atoms with E-state index < -0.39 is 17.9 Å². The third kappa shape index (κ3) is 11.1. The predicted octanol–water partition coefficient (Wildman–Crippen LogP) is 9.25. The highest BCUT2D eigenvalue weighted by molar-refractivity contribution is 6.51. The van der Waals surface area contributed by atoms with Crippen molar-refractivity contribution in [3.63, 3.8) is 0 Å². The summed E-state index contributed by atoms with van der Waals surface area (Å²) >= 11 is 0. The molecule has 2 aliphatic rings. The number of nitrogens with one attached hydrogen (secondary N) is 4. The van der Waals surface area contributed by atoms with Crippen LogP contribution in [0.3, 0.4) is 0 Å². The molecule has 6 rings (SSSR count). The highest BCUT2D eigenvalue weighted by Gasteiger charge is 2.35. The number of hydrogen-bond acceptors (Lipinski definition) is 9. The molecule has 13 heteroatoms. The van der Waals surface area contributed by atoms with E-state index in [1.807, 2.05) is 42.5 Å². The van der Waals surface area contributed by atoms with Crippen LogP contribution in [0.15, 0.2) is 89.1 Å². The number of carbonyl (C=O) groups excluding carboxylic acids is 4. The molecule has 326 valence electrons. The number of benzene rings is 4. The number of nitrogens with zero attached hydrogens (tertiary/aromatic N) is 2. The summed E-state index contributed by atoms with van der Waals surface area (Å²) < 4.78 is 17.7. The summed E-state index contributed by atoms with van der Waals surface area (Å²) in [6.07, 6.45) is -0.552. The molecular weight excluding hydrogens is 785 g/mol. The van der Waals surface area contributed by atoms with E-state index in [4.69, 9.17) is 14.2 Å². The fourth-order valence-electron chi connectivity index (χ4n) is 7.51. The Morgan fingerprint density at radius 2 is 1.15 bits per heavy atom. The van der Waals surface area contributed by atoms with Crippen molar-refractivity contribution < 1.29 is 33.4 Å². The molecule has 0 spiro atoms. The van der Waals surface area contributed by atoms with Crippen molar-refractivity contribution in [2.75, 3.05) is 17.4 Å². The number of para-hydroxylation sites is 3. The standard InChI is InChI=1S/C49H58N6O7/c1-28(2)25-32-13-11-15-34(29(3)4)45(32)50-41(56)21-23-43(58)52-54-47-37-14-9-10-18-38(37)62-49(33-19-20-39-40(26-33)61-27-60-39)48(47)55-53-44(59)24-22-42(57)51-46-35(30(5)6)16-12-17-36(46)31(7)8/h9-20,26,28-31,49H,21-25,27H2,1-8H3,(H,50,56)(H,51,57)(H,52,58)(H,53,59)/b54-47-,55-48+. The number of amides is 4. The van der Waals surface area contributed by atoms with Crippen molar-refractivity contribution in [3.8, 4) is 17.2 Å². The number of anilines is 2. The molecule has 4 aromatic carbocycles. The molecule has 0 saturated heterocycles. The zero-order valence-electron chi connectivity index (χ0n) is 36.9. The molecule has 62 heavy (non-hydrogen) atoms. The van der Waals surface area contributed by atoms with Crippen LogP contribution in [0, 0.1) is 5.92 Å². The normalized spacial score (nSPS) is 15.5. The average Bonchev–Trinajstić information content (AvgIpc) is 3.71. The Balaban J connectivity index is 1.21. The van der Waals surface area contributed by atoms with Gasteiger partial charge in [0, 0.05) is 48.2 Å². The first-order valence-corrected chi connectivity index (χ1v) is 21.4. The lowest BCUT2D eigenvalue weighted by Crippen LogP contribution is -2.37. The van der Waals surface area contributed by atoms with Gasteiger partial charge in [0.15, 0.2) is 17.6 Å².